The summed E-state index contributed by atoms with van der Waals surface area (Å²) in [5, 5.41) is 6.84. The molecular weight excluding hydrogens is 340 g/mol. The van der Waals surface area contributed by atoms with Gasteiger partial charge in [-0.1, -0.05) is 18.2 Å². The van der Waals surface area contributed by atoms with Crippen molar-refractivity contribution < 1.29 is 4.79 Å². The second-order valence-electron chi connectivity index (χ2n) is 6.40. The van der Waals surface area contributed by atoms with E-state index in [1.54, 1.807) is 4.68 Å². The quantitative estimate of drug-likeness (QED) is 0.697. The molecule has 7 nitrogen and oxygen atoms in total. The van der Waals surface area contributed by atoms with Crippen molar-refractivity contribution in [3.05, 3.63) is 71.8 Å². The minimum Gasteiger partial charge on any atom is -0.294 e. The van der Waals surface area contributed by atoms with Crippen LogP contribution in [0.3, 0.4) is 0 Å². The highest BCUT2D eigenvalue weighted by Crippen LogP contribution is 2.19. The van der Waals surface area contributed by atoms with Gasteiger partial charge in [0.2, 0.25) is 5.95 Å². The minimum absolute atomic E-state index is 0.195. The first-order valence-electron chi connectivity index (χ1n) is 8.97. The Labute approximate surface area is 159 Å². The number of pyridine rings is 1. The van der Waals surface area contributed by atoms with Crippen LogP contribution in [-0.2, 0) is 13.1 Å². The van der Waals surface area contributed by atoms with Crippen molar-refractivity contribution in [2.24, 2.45) is 0 Å². The van der Waals surface area contributed by atoms with Crippen molar-refractivity contribution in [2.75, 3.05) is 12.4 Å². The van der Waals surface area contributed by atoms with Gasteiger partial charge in [-0.15, -0.1) is 0 Å². The SMILES string of the molecule is CCn1ncnc1NC(=O)c1ccc(CN(C)C(C)c2ccccn2)cc1. The van der Waals surface area contributed by atoms with E-state index in [-0.39, 0.29) is 11.9 Å². The predicted octanol–water partition coefficient (Wildman–Crippen LogP) is 3.14. The lowest BCUT2D eigenvalue weighted by Crippen LogP contribution is -2.22. The Morgan fingerprint density at radius 1 is 1.19 bits per heavy atom. The number of aromatic nitrogens is 4. The van der Waals surface area contributed by atoms with Crippen molar-refractivity contribution in [1.29, 1.82) is 0 Å². The Balaban J connectivity index is 1.62. The van der Waals surface area contributed by atoms with E-state index in [4.69, 9.17) is 0 Å². The molecule has 2 heterocycles. The molecule has 1 unspecified atom stereocenters. The maximum absolute atomic E-state index is 12.4. The van der Waals surface area contributed by atoms with Gasteiger partial charge >= 0.3 is 0 Å². The Hall–Kier alpha value is -3.06. The zero-order valence-electron chi connectivity index (χ0n) is 15.8. The van der Waals surface area contributed by atoms with Gasteiger partial charge in [-0.25, -0.2) is 4.68 Å². The molecule has 1 aromatic carbocycles. The molecule has 0 saturated heterocycles. The summed E-state index contributed by atoms with van der Waals surface area (Å²) < 4.78 is 1.64. The number of anilines is 1. The number of aryl methyl sites for hydroxylation is 1. The highest BCUT2D eigenvalue weighted by Gasteiger charge is 2.14. The summed E-state index contributed by atoms with van der Waals surface area (Å²) in [6.45, 7) is 5.49. The van der Waals surface area contributed by atoms with E-state index < -0.39 is 0 Å². The molecule has 140 valence electrons. The fourth-order valence-electron chi connectivity index (χ4n) is 2.80. The predicted molar refractivity (Wildman–Crippen MR) is 104 cm³/mol. The normalized spacial score (nSPS) is 12.1. The number of amides is 1. The number of rotatable bonds is 7. The molecule has 1 N–H and O–H groups in total. The van der Waals surface area contributed by atoms with Crippen LogP contribution < -0.4 is 5.32 Å². The second-order valence-corrected chi connectivity index (χ2v) is 6.40. The molecule has 27 heavy (non-hydrogen) atoms. The number of nitrogens with one attached hydrogen (secondary N) is 1. The monoisotopic (exact) mass is 364 g/mol. The van der Waals surface area contributed by atoms with Crippen LogP contribution in [0, 0.1) is 0 Å². The van der Waals surface area contributed by atoms with Crippen LogP contribution in [0.1, 0.15) is 41.5 Å². The van der Waals surface area contributed by atoms with Gasteiger partial charge in [0.25, 0.3) is 5.91 Å². The average molecular weight is 364 g/mol. The van der Waals surface area contributed by atoms with Gasteiger partial charge in [-0.3, -0.25) is 20.0 Å². The largest absolute Gasteiger partial charge is 0.294 e. The molecule has 0 spiro atoms. The van der Waals surface area contributed by atoms with Crippen LogP contribution in [0.15, 0.2) is 55.0 Å². The molecule has 0 aliphatic carbocycles. The molecule has 1 atom stereocenters. The minimum atomic E-state index is -0.195. The van der Waals surface area contributed by atoms with E-state index in [1.165, 1.54) is 6.33 Å². The molecule has 0 aliphatic heterocycles. The van der Waals surface area contributed by atoms with E-state index in [0.717, 1.165) is 17.8 Å². The van der Waals surface area contributed by atoms with Gasteiger partial charge in [0.05, 0.1) is 5.69 Å². The topological polar surface area (TPSA) is 75.9 Å². The first kappa shape index (κ1) is 18.7. The number of hydrogen-bond acceptors (Lipinski definition) is 5. The number of carbonyl (C=O) groups excluding carboxylic acids is 1. The van der Waals surface area contributed by atoms with Crippen molar-refractivity contribution in [2.45, 2.75) is 33.0 Å². The van der Waals surface area contributed by atoms with E-state index >= 15 is 0 Å². The van der Waals surface area contributed by atoms with E-state index in [1.807, 2.05) is 55.6 Å². The van der Waals surface area contributed by atoms with Crippen LogP contribution in [0.4, 0.5) is 5.95 Å². The molecule has 0 fully saturated rings. The molecule has 0 saturated carbocycles. The third-order valence-electron chi connectivity index (χ3n) is 4.57. The third-order valence-corrected chi connectivity index (χ3v) is 4.57. The van der Waals surface area contributed by atoms with E-state index in [2.05, 4.69) is 39.3 Å². The summed E-state index contributed by atoms with van der Waals surface area (Å²) in [5.41, 5.74) is 2.76. The number of benzene rings is 1. The van der Waals surface area contributed by atoms with Gasteiger partial charge in [0.1, 0.15) is 6.33 Å². The fourth-order valence-corrected chi connectivity index (χ4v) is 2.80. The van der Waals surface area contributed by atoms with Gasteiger partial charge in [0, 0.05) is 30.9 Å². The van der Waals surface area contributed by atoms with Crippen molar-refractivity contribution in [1.82, 2.24) is 24.6 Å². The molecular formula is C20H24N6O. The standard InChI is InChI=1S/C20H24N6O/c1-4-26-20(22-14-23-26)24-19(27)17-10-8-16(9-11-17)13-25(3)15(2)18-7-5-6-12-21-18/h5-12,14-15H,4,13H2,1-3H3,(H,22,23,24,27). The van der Waals surface area contributed by atoms with Crippen LogP contribution in [0.2, 0.25) is 0 Å². The summed E-state index contributed by atoms with van der Waals surface area (Å²) in [4.78, 5) is 23.1. The lowest BCUT2D eigenvalue weighted by molar-refractivity contribution is 0.102. The van der Waals surface area contributed by atoms with Gasteiger partial charge in [-0.2, -0.15) is 10.1 Å². The van der Waals surface area contributed by atoms with Crippen molar-refractivity contribution >= 4 is 11.9 Å². The Kier molecular flexibility index (Phi) is 5.93. The molecule has 3 rings (SSSR count). The Bertz CT molecular complexity index is 875. The second kappa shape index (κ2) is 8.55. The summed E-state index contributed by atoms with van der Waals surface area (Å²) in [6, 6.07) is 13.8. The zero-order valence-corrected chi connectivity index (χ0v) is 15.8. The van der Waals surface area contributed by atoms with Crippen LogP contribution in [0.5, 0.6) is 0 Å². The number of hydrogen-bond donors (Lipinski definition) is 1. The van der Waals surface area contributed by atoms with Gasteiger partial charge in [-0.05, 0) is 50.7 Å². The van der Waals surface area contributed by atoms with Crippen molar-refractivity contribution in [3.8, 4) is 0 Å². The molecule has 0 bridgehead atoms. The smallest absolute Gasteiger partial charge is 0.258 e. The zero-order chi connectivity index (χ0) is 19.2. The Morgan fingerprint density at radius 2 is 1.96 bits per heavy atom. The Morgan fingerprint density at radius 3 is 2.63 bits per heavy atom. The van der Waals surface area contributed by atoms with E-state index in [0.29, 0.717) is 18.1 Å². The molecule has 0 radical (unpaired) electrons. The van der Waals surface area contributed by atoms with Crippen LogP contribution in [-0.4, -0.2) is 37.6 Å². The summed E-state index contributed by atoms with van der Waals surface area (Å²) in [6.07, 6.45) is 3.24. The summed E-state index contributed by atoms with van der Waals surface area (Å²) in [5.74, 6) is 0.259. The summed E-state index contributed by atoms with van der Waals surface area (Å²) >= 11 is 0. The molecule has 7 heteroatoms. The lowest BCUT2D eigenvalue weighted by Gasteiger charge is -2.24. The van der Waals surface area contributed by atoms with E-state index in [9.17, 15) is 4.79 Å². The molecule has 1 amide bonds. The number of nitrogens with zero attached hydrogens (tertiary/aromatic N) is 5. The maximum Gasteiger partial charge on any atom is 0.258 e. The lowest BCUT2D eigenvalue weighted by atomic mass is 10.1. The first-order valence-corrected chi connectivity index (χ1v) is 8.97. The average Bonchev–Trinajstić information content (AvgIpc) is 3.15. The fraction of sp³-hybridized carbons (Fsp3) is 0.300. The highest BCUT2D eigenvalue weighted by molar-refractivity contribution is 6.03. The van der Waals surface area contributed by atoms with Crippen LogP contribution >= 0.6 is 0 Å². The first-order chi connectivity index (χ1) is 13.1. The molecule has 0 aliphatic rings. The summed E-state index contributed by atoms with van der Waals surface area (Å²) in [7, 11) is 2.07. The van der Waals surface area contributed by atoms with Gasteiger partial charge in [0.15, 0.2) is 0 Å². The molecule has 2 aromatic heterocycles. The van der Waals surface area contributed by atoms with Crippen molar-refractivity contribution in [3.63, 3.8) is 0 Å². The maximum atomic E-state index is 12.4. The number of carbonyl (C=O) groups is 1. The highest BCUT2D eigenvalue weighted by atomic mass is 16.1. The molecule has 3 aromatic rings. The third kappa shape index (κ3) is 4.57. The van der Waals surface area contributed by atoms with Gasteiger partial charge < -0.3 is 0 Å². The van der Waals surface area contributed by atoms with Crippen LogP contribution in [0.25, 0.3) is 0 Å².